The van der Waals surface area contributed by atoms with Crippen LogP contribution in [0.4, 0.5) is 0 Å². The lowest BCUT2D eigenvalue weighted by Crippen LogP contribution is -2.14. The zero-order valence-corrected chi connectivity index (χ0v) is 19.4. The van der Waals surface area contributed by atoms with Gasteiger partial charge in [0.2, 0.25) is 5.52 Å². The molecule has 0 heterocycles. The molecule has 3 aromatic carbocycles. The Morgan fingerprint density at radius 3 is 2.04 bits per heavy atom. The van der Waals surface area contributed by atoms with Crippen molar-refractivity contribution < 1.29 is 14.2 Å². The van der Waals surface area contributed by atoms with Gasteiger partial charge in [-0.3, -0.25) is 9.59 Å². The lowest BCUT2D eigenvalue weighted by atomic mass is 10.0. The Kier molecular flexibility index (Phi) is 6.49. The molecule has 0 spiro atoms. The smallest absolute Gasteiger partial charge is 0.223 e. The third-order valence-electron chi connectivity index (χ3n) is 4.51. The maximum Gasteiger partial charge on any atom is 0.223 e. The van der Waals surface area contributed by atoms with Gasteiger partial charge < -0.3 is 4.57 Å². The maximum atomic E-state index is 13.3. The van der Waals surface area contributed by atoms with Gasteiger partial charge in [-0.25, -0.2) is 0 Å². The van der Waals surface area contributed by atoms with Gasteiger partial charge in [0.1, 0.15) is 0 Å². The Hall–Kier alpha value is -1.81. The Morgan fingerprint density at radius 2 is 1.43 bits per heavy atom. The number of ketones is 1. The molecule has 1 atom stereocenters. The number of aryl methyl sites for hydroxylation is 2. The van der Waals surface area contributed by atoms with Gasteiger partial charge in [-0.1, -0.05) is 48.5 Å². The van der Waals surface area contributed by atoms with Crippen molar-refractivity contribution in [1.29, 1.82) is 0 Å². The van der Waals surface area contributed by atoms with E-state index in [0.29, 0.717) is 30.9 Å². The molecule has 28 heavy (non-hydrogen) atoms. The average molecular weight is 520 g/mol. The predicted molar refractivity (Wildman–Crippen MR) is 121 cm³/mol. The highest BCUT2D eigenvalue weighted by atomic mass is 79.9. The SMILES string of the molecule is Cc1cccc(C)c1C(=O)[PH](=O)c1c(Br)ccc(C(=O)c2ccccc2)c1Br. The van der Waals surface area contributed by atoms with Crippen LogP contribution in [0.1, 0.15) is 37.4 Å². The summed E-state index contributed by atoms with van der Waals surface area (Å²) >= 11 is 6.83. The van der Waals surface area contributed by atoms with Crippen molar-refractivity contribution in [2.45, 2.75) is 13.8 Å². The van der Waals surface area contributed by atoms with Gasteiger partial charge in [0.15, 0.2) is 13.6 Å². The molecule has 0 fully saturated rings. The van der Waals surface area contributed by atoms with Crippen LogP contribution in [0.3, 0.4) is 0 Å². The first kappa shape index (κ1) is 20.9. The van der Waals surface area contributed by atoms with E-state index in [1.807, 2.05) is 38.1 Å². The first-order chi connectivity index (χ1) is 13.3. The number of benzene rings is 3. The molecule has 0 radical (unpaired) electrons. The van der Waals surface area contributed by atoms with Gasteiger partial charge in [0.25, 0.3) is 0 Å². The zero-order valence-electron chi connectivity index (χ0n) is 15.3. The normalized spacial score (nSPS) is 11.9. The number of rotatable bonds is 5. The summed E-state index contributed by atoms with van der Waals surface area (Å²) in [5, 5.41) is 0.333. The van der Waals surface area contributed by atoms with Crippen molar-refractivity contribution >= 4 is 56.3 Å². The van der Waals surface area contributed by atoms with Crippen LogP contribution < -0.4 is 5.30 Å². The molecule has 6 heteroatoms. The van der Waals surface area contributed by atoms with E-state index in [9.17, 15) is 14.2 Å². The average Bonchev–Trinajstić information content (AvgIpc) is 2.68. The summed E-state index contributed by atoms with van der Waals surface area (Å²) in [4.78, 5) is 25.9. The van der Waals surface area contributed by atoms with E-state index in [1.54, 1.807) is 36.4 Å². The van der Waals surface area contributed by atoms with Gasteiger partial charge >= 0.3 is 0 Å². The third-order valence-corrected chi connectivity index (χ3v) is 8.37. The molecule has 0 aliphatic heterocycles. The monoisotopic (exact) mass is 518 g/mol. The second-order valence-corrected chi connectivity index (χ2v) is 9.66. The Balaban J connectivity index is 2.08. The summed E-state index contributed by atoms with van der Waals surface area (Å²) in [6, 6.07) is 17.7. The molecule has 0 aliphatic rings. The Labute approximate surface area is 181 Å². The van der Waals surface area contributed by atoms with Crippen LogP contribution in [0.2, 0.25) is 0 Å². The highest BCUT2D eigenvalue weighted by molar-refractivity contribution is 9.11. The summed E-state index contributed by atoms with van der Waals surface area (Å²) < 4.78 is 14.2. The number of carbonyl (C=O) groups is 2. The van der Waals surface area contributed by atoms with Crippen LogP contribution in [0.15, 0.2) is 69.6 Å². The molecule has 3 nitrogen and oxygen atoms in total. The first-order valence-electron chi connectivity index (χ1n) is 8.56. The van der Waals surface area contributed by atoms with E-state index < -0.39 is 13.3 Å². The van der Waals surface area contributed by atoms with Crippen LogP contribution in [0.5, 0.6) is 0 Å². The molecule has 3 rings (SSSR count). The molecule has 0 aromatic heterocycles. The van der Waals surface area contributed by atoms with Crippen molar-refractivity contribution in [2.24, 2.45) is 0 Å². The van der Waals surface area contributed by atoms with Crippen LogP contribution >= 0.6 is 39.7 Å². The zero-order chi connectivity index (χ0) is 20.4. The largest absolute Gasteiger partial charge is 0.313 e. The van der Waals surface area contributed by atoms with E-state index in [-0.39, 0.29) is 5.78 Å². The molecule has 3 aromatic rings. The van der Waals surface area contributed by atoms with Crippen LogP contribution in [-0.4, -0.2) is 11.3 Å². The summed E-state index contributed by atoms with van der Waals surface area (Å²) in [6.07, 6.45) is 0. The van der Waals surface area contributed by atoms with Crippen molar-refractivity contribution in [3.05, 3.63) is 97.4 Å². The lowest BCUT2D eigenvalue weighted by Gasteiger charge is -2.13. The highest BCUT2D eigenvalue weighted by Crippen LogP contribution is 2.37. The van der Waals surface area contributed by atoms with Crippen LogP contribution in [-0.2, 0) is 4.57 Å². The minimum absolute atomic E-state index is 0.199. The molecule has 0 bridgehead atoms. The van der Waals surface area contributed by atoms with E-state index >= 15 is 0 Å². The minimum Gasteiger partial charge on any atom is -0.313 e. The molecule has 0 saturated carbocycles. The summed E-state index contributed by atoms with van der Waals surface area (Å²) in [5.41, 5.74) is 2.53. The fraction of sp³-hybridized carbons (Fsp3) is 0.0909. The van der Waals surface area contributed by atoms with E-state index in [2.05, 4.69) is 31.9 Å². The third kappa shape index (κ3) is 3.98. The topological polar surface area (TPSA) is 51.2 Å². The summed E-state index contributed by atoms with van der Waals surface area (Å²) in [7, 11) is -2.87. The number of hydrogen-bond acceptors (Lipinski definition) is 3. The van der Waals surface area contributed by atoms with Crippen molar-refractivity contribution in [3.63, 3.8) is 0 Å². The van der Waals surface area contributed by atoms with Gasteiger partial charge in [-0.15, -0.1) is 0 Å². The van der Waals surface area contributed by atoms with Gasteiger partial charge in [-0.05, 0) is 69.0 Å². The molecule has 0 aliphatic carbocycles. The van der Waals surface area contributed by atoms with Crippen molar-refractivity contribution in [2.75, 3.05) is 0 Å². The number of carbonyl (C=O) groups excluding carboxylic acids is 2. The van der Waals surface area contributed by atoms with E-state index in [1.165, 1.54) is 0 Å². The Morgan fingerprint density at radius 1 is 0.821 bits per heavy atom. The maximum absolute atomic E-state index is 13.3. The molecule has 1 unspecified atom stereocenters. The molecule has 0 amide bonds. The fourth-order valence-corrected chi connectivity index (χ4v) is 6.77. The molecular weight excluding hydrogens is 503 g/mol. The van der Waals surface area contributed by atoms with E-state index in [0.717, 1.165) is 11.1 Å². The molecule has 0 saturated heterocycles. The quantitative estimate of drug-likeness (QED) is 0.303. The molecule has 0 N–H and O–H groups in total. The minimum atomic E-state index is -2.87. The lowest BCUT2D eigenvalue weighted by molar-refractivity contribution is 0.103. The molecular formula is C22H17Br2O3P. The fourth-order valence-electron chi connectivity index (χ4n) is 3.08. The van der Waals surface area contributed by atoms with Crippen LogP contribution in [0.25, 0.3) is 0 Å². The van der Waals surface area contributed by atoms with E-state index in [4.69, 9.17) is 0 Å². The summed E-state index contributed by atoms with van der Waals surface area (Å²) in [5.74, 6) is -0.199. The van der Waals surface area contributed by atoms with Gasteiger partial charge in [0.05, 0.1) is 0 Å². The standard InChI is InChI=1S/C22H17Br2O3P/c1-13-7-6-8-14(2)18(13)22(26)28(27)21-17(23)12-11-16(19(21)24)20(25)15-9-4-3-5-10-15/h3-12,28H,1-2H3. The second kappa shape index (κ2) is 8.69. The Bertz CT molecular complexity index is 1090. The molecule has 142 valence electrons. The van der Waals surface area contributed by atoms with Crippen LogP contribution in [0, 0.1) is 13.8 Å². The summed E-state index contributed by atoms with van der Waals surface area (Å²) in [6.45, 7) is 3.66. The van der Waals surface area contributed by atoms with Gasteiger partial charge in [-0.2, -0.15) is 0 Å². The second-order valence-electron chi connectivity index (χ2n) is 6.40. The number of hydrogen-bond donors (Lipinski definition) is 0. The van der Waals surface area contributed by atoms with Crippen molar-refractivity contribution in [3.8, 4) is 0 Å². The highest BCUT2D eigenvalue weighted by Gasteiger charge is 2.26. The van der Waals surface area contributed by atoms with Gasteiger partial charge in [0, 0.05) is 30.9 Å². The number of halogens is 2. The predicted octanol–water partition coefficient (Wildman–Crippen LogP) is 6.08. The first-order valence-corrected chi connectivity index (χ1v) is 11.5. The van der Waals surface area contributed by atoms with Crippen molar-refractivity contribution in [1.82, 2.24) is 0 Å².